The van der Waals surface area contributed by atoms with Crippen LogP contribution in [0.15, 0.2) is 48.5 Å². The summed E-state index contributed by atoms with van der Waals surface area (Å²) in [5, 5.41) is 8.62. The number of carboxylic acid groups (broad SMARTS) is 1. The van der Waals surface area contributed by atoms with Gasteiger partial charge in [0.2, 0.25) is 0 Å². The molecule has 146 valence electrons. The molecule has 0 saturated heterocycles. The van der Waals surface area contributed by atoms with E-state index in [1.54, 1.807) is 0 Å². The summed E-state index contributed by atoms with van der Waals surface area (Å²) in [6.45, 7) is 0. The fourth-order valence-corrected chi connectivity index (χ4v) is 4.15. The van der Waals surface area contributed by atoms with Crippen molar-refractivity contribution in [1.82, 2.24) is 0 Å². The fourth-order valence-electron chi connectivity index (χ4n) is 3.17. The van der Waals surface area contributed by atoms with Gasteiger partial charge in [-0.25, -0.2) is 0 Å². The third kappa shape index (κ3) is 10.1. The van der Waals surface area contributed by atoms with Crippen LogP contribution in [-0.2, 0) is 17.6 Å². The summed E-state index contributed by atoms with van der Waals surface area (Å²) >= 11 is 1.86. The first-order valence-electron chi connectivity index (χ1n) is 10.2. The highest BCUT2D eigenvalue weighted by atomic mass is 32.1. The predicted molar refractivity (Wildman–Crippen MR) is 116 cm³/mol. The average Bonchev–Trinajstić information content (AvgIpc) is 3.12. The van der Waals surface area contributed by atoms with Crippen LogP contribution in [0.3, 0.4) is 0 Å². The second-order valence-electron chi connectivity index (χ2n) is 7.10. The Bertz CT molecular complexity index is 673. The van der Waals surface area contributed by atoms with Crippen LogP contribution in [0.5, 0.6) is 0 Å². The highest BCUT2D eigenvalue weighted by Crippen LogP contribution is 2.21. The lowest BCUT2D eigenvalue weighted by molar-refractivity contribution is -0.137. The quantitative estimate of drug-likeness (QED) is 0.351. The second-order valence-corrected chi connectivity index (χ2v) is 8.30. The molecular formula is C24H32O2S. The third-order valence-corrected chi connectivity index (χ3v) is 5.82. The standard InChI is InChI=1S/C24H32O2S/c25-24(26)18-12-6-11-17-23-20-19-22(27-23)16-10-4-2-1-3-7-13-21-14-8-5-9-15-21/h5,8-9,11,14-15,17,19-20H,1-4,6-7,10,12-13,16,18H2,(H,25,26). The van der Waals surface area contributed by atoms with Gasteiger partial charge in [-0.2, -0.15) is 0 Å². The molecule has 1 aromatic heterocycles. The van der Waals surface area contributed by atoms with Gasteiger partial charge in [0.25, 0.3) is 0 Å². The lowest BCUT2D eigenvalue weighted by atomic mass is 10.0. The van der Waals surface area contributed by atoms with E-state index in [0.29, 0.717) is 0 Å². The topological polar surface area (TPSA) is 37.3 Å². The Kier molecular flexibility index (Phi) is 10.6. The van der Waals surface area contributed by atoms with Crippen LogP contribution in [0.1, 0.15) is 73.1 Å². The number of unbranched alkanes of at least 4 members (excludes halogenated alkanes) is 6. The van der Waals surface area contributed by atoms with Gasteiger partial charge in [0.05, 0.1) is 0 Å². The lowest BCUT2D eigenvalue weighted by Crippen LogP contribution is -1.92. The molecule has 3 heteroatoms. The monoisotopic (exact) mass is 384 g/mol. The van der Waals surface area contributed by atoms with Gasteiger partial charge in [0, 0.05) is 16.2 Å². The molecule has 0 spiro atoms. The van der Waals surface area contributed by atoms with E-state index in [-0.39, 0.29) is 6.42 Å². The van der Waals surface area contributed by atoms with Crippen LogP contribution < -0.4 is 0 Å². The fraction of sp³-hybridized carbons (Fsp3) is 0.458. The van der Waals surface area contributed by atoms with Gasteiger partial charge >= 0.3 is 5.97 Å². The average molecular weight is 385 g/mol. The summed E-state index contributed by atoms with van der Waals surface area (Å²) in [6.07, 6.45) is 16.4. The molecule has 0 aliphatic rings. The van der Waals surface area contributed by atoms with Gasteiger partial charge < -0.3 is 5.11 Å². The van der Waals surface area contributed by atoms with Crippen molar-refractivity contribution in [3.63, 3.8) is 0 Å². The Morgan fingerprint density at radius 3 is 2.30 bits per heavy atom. The van der Waals surface area contributed by atoms with Crippen molar-refractivity contribution < 1.29 is 9.90 Å². The molecule has 0 amide bonds. The van der Waals surface area contributed by atoms with E-state index in [9.17, 15) is 4.79 Å². The zero-order valence-electron chi connectivity index (χ0n) is 16.2. The van der Waals surface area contributed by atoms with E-state index in [4.69, 9.17) is 5.11 Å². The number of hydrogen-bond donors (Lipinski definition) is 1. The summed E-state index contributed by atoms with van der Waals surface area (Å²) in [6, 6.07) is 15.2. The molecule has 0 bridgehead atoms. The smallest absolute Gasteiger partial charge is 0.303 e. The van der Waals surface area contributed by atoms with E-state index in [0.717, 1.165) is 12.8 Å². The van der Waals surface area contributed by atoms with Crippen LogP contribution in [0.25, 0.3) is 6.08 Å². The van der Waals surface area contributed by atoms with Crippen molar-refractivity contribution in [3.05, 3.63) is 63.9 Å². The van der Waals surface area contributed by atoms with Crippen LogP contribution in [0.2, 0.25) is 0 Å². The first-order chi connectivity index (χ1) is 13.2. The summed E-state index contributed by atoms with van der Waals surface area (Å²) in [5.74, 6) is -0.710. The van der Waals surface area contributed by atoms with E-state index >= 15 is 0 Å². The first kappa shape index (κ1) is 21.4. The Morgan fingerprint density at radius 1 is 0.852 bits per heavy atom. The lowest BCUT2D eigenvalue weighted by Gasteiger charge is -2.02. The molecule has 1 heterocycles. The summed E-state index contributed by atoms with van der Waals surface area (Å²) in [5.41, 5.74) is 1.46. The minimum atomic E-state index is -0.710. The minimum Gasteiger partial charge on any atom is -0.481 e. The number of aryl methyl sites for hydroxylation is 2. The second kappa shape index (κ2) is 13.3. The normalized spacial score (nSPS) is 11.3. The zero-order valence-corrected chi connectivity index (χ0v) is 17.1. The number of carbonyl (C=O) groups is 1. The highest BCUT2D eigenvalue weighted by molar-refractivity contribution is 7.12. The third-order valence-electron chi connectivity index (χ3n) is 4.71. The molecular weight excluding hydrogens is 352 g/mol. The van der Waals surface area contributed by atoms with E-state index in [2.05, 4.69) is 54.6 Å². The Morgan fingerprint density at radius 2 is 1.56 bits per heavy atom. The van der Waals surface area contributed by atoms with Crippen molar-refractivity contribution in [3.8, 4) is 0 Å². The zero-order chi connectivity index (χ0) is 19.2. The number of rotatable bonds is 14. The molecule has 1 aromatic carbocycles. The maximum Gasteiger partial charge on any atom is 0.303 e. The van der Waals surface area contributed by atoms with Crippen LogP contribution in [-0.4, -0.2) is 11.1 Å². The van der Waals surface area contributed by atoms with Crippen LogP contribution in [0.4, 0.5) is 0 Å². The summed E-state index contributed by atoms with van der Waals surface area (Å²) in [7, 11) is 0. The van der Waals surface area contributed by atoms with Gasteiger partial charge in [-0.1, -0.05) is 62.1 Å². The van der Waals surface area contributed by atoms with Crippen molar-refractivity contribution in [1.29, 1.82) is 0 Å². The molecule has 2 nitrogen and oxygen atoms in total. The SMILES string of the molecule is O=C(O)CCCC=Cc1ccc(CCCCCCCCc2ccccc2)s1. The maximum absolute atomic E-state index is 10.5. The molecule has 0 atom stereocenters. The molecule has 0 fully saturated rings. The highest BCUT2D eigenvalue weighted by Gasteiger charge is 1.99. The van der Waals surface area contributed by atoms with E-state index < -0.39 is 5.97 Å². The Hall–Kier alpha value is -1.87. The molecule has 0 radical (unpaired) electrons. The van der Waals surface area contributed by atoms with Crippen LogP contribution >= 0.6 is 11.3 Å². The molecule has 1 N–H and O–H groups in total. The van der Waals surface area contributed by atoms with Crippen molar-refractivity contribution in [2.75, 3.05) is 0 Å². The number of hydrogen-bond acceptors (Lipinski definition) is 2. The largest absolute Gasteiger partial charge is 0.481 e. The number of benzene rings is 1. The summed E-state index contributed by atoms with van der Waals surface area (Å²) in [4.78, 5) is 13.2. The molecule has 2 rings (SSSR count). The Balaban J connectivity index is 1.48. The number of aliphatic carboxylic acids is 1. The first-order valence-corrected chi connectivity index (χ1v) is 11.1. The molecule has 0 unspecified atom stereocenters. The van der Waals surface area contributed by atoms with E-state index in [1.165, 1.54) is 66.7 Å². The maximum atomic E-state index is 10.5. The van der Waals surface area contributed by atoms with Gasteiger partial charge in [0.1, 0.15) is 0 Å². The van der Waals surface area contributed by atoms with Gasteiger partial charge in [-0.05, 0) is 62.3 Å². The summed E-state index contributed by atoms with van der Waals surface area (Å²) < 4.78 is 0. The van der Waals surface area contributed by atoms with Crippen LogP contribution in [0, 0.1) is 0 Å². The molecule has 27 heavy (non-hydrogen) atoms. The van der Waals surface area contributed by atoms with Crippen molar-refractivity contribution in [2.45, 2.75) is 70.6 Å². The predicted octanol–water partition coefficient (Wildman–Crippen LogP) is 7.14. The van der Waals surface area contributed by atoms with Gasteiger partial charge in [-0.15, -0.1) is 11.3 Å². The van der Waals surface area contributed by atoms with Crippen molar-refractivity contribution in [2.24, 2.45) is 0 Å². The Labute approximate surface area is 168 Å². The minimum absolute atomic E-state index is 0.256. The van der Waals surface area contributed by atoms with Crippen molar-refractivity contribution >= 4 is 23.4 Å². The molecule has 0 aliphatic carbocycles. The van der Waals surface area contributed by atoms with E-state index in [1.807, 2.05) is 11.3 Å². The number of carboxylic acids is 1. The molecule has 2 aromatic rings. The number of thiophene rings is 1. The molecule has 0 aliphatic heterocycles. The van der Waals surface area contributed by atoms with Gasteiger partial charge in [0.15, 0.2) is 0 Å². The number of allylic oxidation sites excluding steroid dienone is 1. The molecule has 0 saturated carbocycles. The van der Waals surface area contributed by atoms with Gasteiger partial charge in [-0.3, -0.25) is 4.79 Å².